The molecule has 1 atom stereocenters. The summed E-state index contributed by atoms with van der Waals surface area (Å²) < 4.78 is 0. The highest BCUT2D eigenvalue weighted by atomic mass is 35.5. The van der Waals surface area contributed by atoms with E-state index in [1.54, 1.807) is 6.07 Å². The molecular weight excluding hydrogens is 278 g/mol. The van der Waals surface area contributed by atoms with Crippen molar-refractivity contribution in [1.29, 1.82) is 0 Å². The molecule has 0 aliphatic carbocycles. The van der Waals surface area contributed by atoms with E-state index in [4.69, 9.17) is 11.6 Å². The SMILES string of the molecule is O=[N+]([O-])c1ccc(CCC(O)c2ccccc2)c(Cl)c1. The minimum Gasteiger partial charge on any atom is -0.388 e. The van der Waals surface area contributed by atoms with Crippen molar-refractivity contribution in [2.24, 2.45) is 0 Å². The van der Waals surface area contributed by atoms with Gasteiger partial charge in [-0.2, -0.15) is 0 Å². The summed E-state index contributed by atoms with van der Waals surface area (Å²) in [7, 11) is 0. The van der Waals surface area contributed by atoms with E-state index in [1.165, 1.54) is 12.1 Å². The van der Waals surface area contributed by atoms with E-state index in [-0.39, 0.29) is 5.69 Å². The third kappa shape index (κ3) is 3.56. The van der Waals surface area contributed by atoms with Gasteiger partial charge in [-0.3, -0.25) is 10.1 Å². The van der Waals surface area contributed by atoms with Crippen molar-refractivity contribution in [3.05, 3.63) is 74.8 Å². The first kappa shape index (κ1) is 14.5. The lowest BCUT2D eigenvalue weighted by molar-refractivity contribution is -0.384. The van der Waals surface area contributed by atoms with Gasteiger partial charge in [0.2, 0.25) is 0 Å². The Balaban J connectivity index is 2.02. The first-order valence-corrected chi connectivity index (χ1v) is 6.61. The molecule has 5 heteroatoms. The van der Waals surface area contributed by atoms with E-state index < -0.39 is 11.0 Å². The summed E-state index contributed by atoms with van der Waals surface area (Å²) in [6, 6.07) is 13.8. The number of hydrogen-bond acceptors (Lipinski definition) is 3. The van der Waals surface area contributed by atoms with Crippen LogP contribution in [0.1, 0.15) is 23.7 Å². The maximum Gasteiger partial charge on any atom is 0.270 e. The summed E-state index contributed by atoms with van der Waals surface area (Å²) in [5.41, 5.74) is 1.63. The number of nitrogens with zero attached hydrogens (tertiary/aromatic N) is 1. The molecule has 0 spiro atoms. The Morgan fingerprint density at radius 1 is 1.20 bits per heavy atom. The molecule has 1 unspecified atom stereocenters. The lowest BCUT2D eigenvalue weighted by atomic mass is 10.0. The third-order valence-electron chi connectivity index (χ3n) is 3.12. The van der Waals surface area contributed by atoms with Gasteiger partial charge in [-0.05, 0) is 24.0 Å². The summed E-state index contributed by atoms with van der Waals surface area (Å²) in [5, 5.41) is 21.0. The lowest BCUT2D eigenvalue weighted by Gasteiger charge is -2.11. The first-order valence-electron chi connectivity index (χ1n) is 6.24. The van der Waals surface area contributed by atoms with Gasteiger partial charge in [0.1, 0.15) is 0 Å². The van der Waals surface area contributed by atoms with Gasteiger partial charge >= 0.3 is 0 Å². The van der Waals surface area contributed by atoms with Crippen molar-refractivity contribution in [1.82, 2.24) is 0 Å². The van der Waals surface area contributed by atoms with Crippen molar-refractivity contribution in [2.75, 3.05) is 0 Å². The minimum absolute atomic E-state index is 0.0256. The van der Waals surface area contributed by atoms with Crippen molar-refractivity contribution in [3.8, 4) is 0 Å². The van der Waals surface area contributed by atoms with Gasteiger partial charge in [0, 0.05) is 12.1 Å². The van der Waals surface area contributed by atoms with Crippen LogP contribution in [-0.4, -0.2) is 10.0 Å². The van der Waals surface area contributed by atoms with Crippen molar-refractivity contribution in [2.45, 2.75) is 18.9 Å². The van der Waals surface area contributed by atoms with Crippen LogP contribution in [0.25, 0.3) is 0 Å². The zero-order chi connectivity index (χ0) is 14.5. The average Bonchev–Trinajstić information content (AvgIpc) is 2.46. The molecular formula is C15H14ClNO3. The molecule has 104 valence electrons. The van der Waals surface area contributed by atoms with E-state index in [0.717, 1.165) is 11.1 Å². The van der Waals surface area contributed by atoms with E-state index in [1.807, 2.05) is 30.3 Å². The Bertz CT molecular complexity index is 601. The summed E-state index contributed by atoms with van der Waals surface area (Å²) in [5.74, 6) is 0. The van der Waals surface area contributed by atoms with E-state index >= 15 is 0 Å². The summed E-state index contributed by atoms with van der Waals surface area (Å²) in [6.07, 6.45) is 0.511. The van der Waals surface area contributed by atoms with Gasteiger partial charge in [-0.1, -0.05) is 48.0 Å². The summed E-state index contributed by atoms with van der Waals surface area (Å²) >= 11 is 6.02. The van der Waals surface area contributed by atoms with Crippen LogP contribution in [0.2, 0.25) is 5.02 Å². The van der Waals surface area contributed by atoms with Crippen LogP contribution in [0.4, 0.5) is 5.69 Å². The molecule has 0 saturated heterocycles. The van der Waals surface area contributed by atoms with Crippen LogP contribution in [-0.2, 0) is 6.42 Å². The molecule has 2 aromatic rings. The predicted octanol–water partition coefficient (Wildman–Crippen LogP) is 3.91. The highest BCUT2D eigenvalue weighted by Crippen LogP contribution is 2.26. The number of halogens is 1. The fourth-order valence-electron chi connectivity index (χ4n) is 1.99. The second-order valence-corrected chi connectivity index (χ2v) is 4.91. The van der Waals surface area contributed by atoms with Crippen molar-refractivity contribution < 1.29 is 10.0 Å². The molecule has 4 nitrogen and oxygen atoms in total. The number of nitro benzene ring substituents is 1. The standard InChI is InChI=1S/C15H14ClNO3/c16-14-10-13(17(19)20)8-6-11(14)7-9-15(18)12-4-2-1-3-5-12/h1-6,8,10,15,18H,7,9H2. The number of aliphatic hydroxyl groups excluding tert-OH is 1. The molecule has 0 saturated carbocycles. The Kier molecular flexibility index (Phi) is 4.71. The third-order valence-corrected chi connectivity index (χ3v) is 3.47. The second kappa shape index (κ2) is 6.50. The molecule has 0 amide bonds. The predicted molar refractivity (Wildman–Crippen MR) is 77.8 cm³/mol. The molecule has 0 aliphatic heterocycles. The zero-order valence-corrected chi connectivity index (χ0v) is 11.5. The zero-order valence-electron chi connectivity index (χ0n) is 10.7. The van der Waals surface area contributed by atoms with Crippen LogP contribution in [0.5, 0.6) is 0 Å². The number of benzene rings is 2. The number of non-ortho nitro benzene ring substituents is 1. The largest absolute Gasteiger partial charge is 0.388 e. The van der Waals surface area contributed by atoms with Crippen LogP contribution >= 0.6 is 11.6 Å². The molecule has 0 heterocycles. The quantitative estimate of drug-likeness (QED) is 0.671. The van der Waals surface area contributed by atoms with Gasteiger partial charge in [0.15, 0.2) is 0 Å². The second-order valence-electron chi connectivity index (χ2n) is 4.50. The van der Waals surface area contributed by atoms with E-state index in [2.05, 4.69) is 0 Å². The van der Waals surface area contributed by atoms with Gasteiger partial charge in [0.05, 0.1) is 16.0 Å². The van der Waals surface area contributed by atoms with Crippen molar-refractivity contribution >= 4 is 17.3 Å². The van der Waals surface area contributed by atoms with Gasteiger partial charge in [0.25, 0.3) is 5.69 Å². The highest BCUT2D eigenvalue weighted by Gasteiger charge is 2.12. The Morgan fingerprint density at radius 2 is 1.90 bits per heavy atom. The van der Waals surface area contributed by atoms with Crippen molar-refractivity contribution in [3.63, 3.8) is 0 Å². The topological polar surface area (TPSA) is 63.4 Å². The number of aryl methyl sites for hydroxylation is 1. The number of nitro groups is 1. The van der Waals surface area contributed by atoms with Gasteiger partial charge < -0.3 is 5.11 Å². The van der Waals surface area contributed by atoms with E-state index in [0.29, 0.717) is 17.9 Å². The summed E-state index contributed by atoms with van der Waals surface area (Å²) in [6.45, 7) is 0. The fourth-order valence-corrected chi connectivity index (χ4v) is 2.26. The minimum atomic E-state index is -0.567. The van der Waals surface area contributed by atoms with E-state index in [9.17, 15) is 15.2 Å². The van der Waals surface area contributed by atoms with Gasteiger partial charge in [-0.25, -0.2) is 0 Å². The molecule has 20 heavy (non-hydrogen) atoms. The van der Waals surface area contributed by atoms with Crippen LogP contribution in [0, 0.1) is 10.1 Å². The molecule has 0 radical (unpaired) electrons. The lowest BCUT2D eigenvalue weighted by Crippen LogP contribution is -2.00. The average molecular weight is 292 g/mol. The maximum absolute atomic E-state index is 10.6. The molecule has 0 bridgehead atoms. The molecule has 0 aromatic heterocycles. The van der Waals surface area contributed by atoms with Crippen LogP contribution in [0.15, 0.2) is 48.5 Å². The molecule has 0 aliphatic rings. The molecule has 1 N–H and O–H groups in total. The number of rotatable bonds is 5. The maximum atomic E-state index is 10.6. The number of hydrogen-bond donors (Lipinski definition) is 1. The molecule has 2 rings (SSSR count). The van der Waals surface area contributed by atoms with Gasteiger partial charge in [-0.15, -0.1) is 0 Å². The highest BCUT2D eigenvalue weighted by molar-refractivity contribution is 6.31. The fraction of sp³-hybridized carbons (Fsp3) is 0.200. The Hall–Kier alpha value is -1.91. The molecule has 2 aromatic carbocycles. The smallest absolute Gasteiger partial charge is 0.270 e. The number of aliphatic hydroxyl groups is 1. The molecule has 0 fully saturated rings. The van der Waals surface area contributed by atoms with Crippen LogP contribution in [0.3, 0.4) is 0 Å². The van der Waals surface area contributed by atoms with Crippen LogP contribution < -0.4 is 0 Å². The first-order chi connectivity index (χ1) is 9.58. The summed E-state index contributed by atoms with van der Waals surface area (Å²) in [4.78, 5) is 10.1. The monoisotopic (exact) mass is 291 g/mol. The Morgan fingerprint density at radius 3 is 2.50 bits per heavy atom. The normalized spacial score (nSPS) is 12.1. The Labute approximate surface area is 121 Å².